The summed E-state index contributed by atoms with van der Waals surface area (Å²) in [6.45, 7) is 7.06. The van der Waals surface area contributed by atoms with Crippen LogP contribution in [0.5, 0.6) is 0 Å². The number of halogens is 1. The van der Waals surface area contributed by atoms with Gasteiger partial charge in [-0.15, -0.1) is 0 Å². The molecule has 0 radical (unpaired) electrons. The molecule has 1 aliphatic rings. The third kappa shape index (κ3) is 6.04. The van der Waals surface area contributed by atoms with Gasteiger partial charge in [-0.25, -0.2) is 0 Å². The van der Waals surface area contributed by atoms with Crippen molar-refractivity contribution in [1.29, 1.82) is 0 Å². The summed E-state index contributed by atoms with van der Waals surface area (Å²) in [5, 5.41) is 4.18. The zero-order chi connectivity index (χ0) is 16.7. The fourth-order valence-electron chi connectivity index (χ4n) is 3.09. The van der Waals surface area contributed by atoms with E-state index >= 15 is 0 Å². The summed E-state index contributed by atoms with van der Waals surface area (Å²) in [4.78, 5) is 9.44. The van der Waals surface area contributed by atoms with Crippen LogP contribution in [0.1, 0.15) is 25.3 Å². The van der Waals surface area contributed by atoms with Gasteiger partial charge in [-0.1, -0.05) is 23.7 Å². The first-order chi connectivity index (χ1) is 11.1. The standard InChI is InChI=1S/C18H29ClN4/c1-4-20-18(21-12-16-8-6-10-22(2)13-16)23(3)14-15-7-5-9-17(19)11-15/h5,7,9,11,16H,4,6,8,10,12-14H2,1-3H3,(H,20,21). The van der Waals surface area contributed by atoms with Gasteiger partial charge in [0.25, 0.3) is 0 Å². The average Bonchev–Trinajstić information content (AvgIpc) is 2.51. The van der Waals surface area contributed by atoms with Gasteiger partial charge in [0, 0.05) is 38.2 Å². The quantitative estimate of drug-likeness (QED) is 0.662. The lowest BCUT2D eigenvalue weighted by atomic mass is 9.99. The fraction of sp³-hybridized carbons (Fsp3) is 0.611. The molecule has 1 atom stereocenters. The van der Waals surface area contributed by atoms with Crippen molar-refractivity contribution in [2.45, 2.75) is 26.3 Å². The Morgan fingerprint density at radius 2 is 2.30 bits per heavy atom. The minimum absolute atomic E-state index is 0.668. The molecule has 4 nitrogen and oxygen atoms in total. The molecule has 1 aliphatic heterocycles. The average molecular weight is 337 g/mol. The molecule has 1 aromatic rings. The fourth-order valence-corrected chi connectivity index (χ4v) is 3.30. The van der Waals surface area contributed by atoms with Gasteiger partial charge >= 0.3 is 0 Å². The van der Waals surface area contributed by atoms with Crippen molar-refractivity contribution in [2.75, 3.05) is 40.3 Å². The second-order valence-corrected chi connectivity index (χ2v) is 6.89. The van der Waals surface area contributed by atoms with E-state index in [1.807, 2.05) is 18.2 Å². The van der Waals surface area contributed by atoms with Crippen molar-refractivity contribution < 1.29 is 0 Å². The normalized spacial score (nSPS) is 19.7. The molecule has 0 bridgehead atoms. The maximum atomic E-state index is 6.08. The van der Waals surface area contributed by atoms with E-state index in [9.17, 15) is 0 Å². The van der Waals surface area contributed by atoms with Crippen molar-refractivity contribution in [1.82, 2.24) is 15.1 Å². The largest absolute Gasteiger partial charge is 0.357 e. The third-order valence-corrected chi connectivity index (χ3v) is 4.46. The van der Waals surface area contributed by atoms with E-state index in [4.69, 9.17) is 16.6 Å². The van der Waals surface area contributed by atoms with E-state index in [1.165, 1.54) is 24.9 Å². The summed E-state index contributed by atoms with van der Waals surface area (Å²) in [6.07, 6.45) is 2.57. The number of rotatable bonds is 5. The summed E-state index contributed by atoms with van der Waals surface area (Å²) >= 11 is 6.08. The number of hydrogen-bond acceptors (Lipinski definition) is 2. The first-order valence-electron chi connectivity index (χ1n) is 8.51. The van der Waals surface area contributed by atoms with E-state index in [1.54, 1.807) is 0 Å². The minimum atomic E-state index is 0.668. The SMILES string of the molecule is CCNC(=NCC1CCCN(C)C1)N(C)Cc1cccc(Cl)c1. The Balaban J connectivity index is 1.96. The molecule has 1 fully saturated rings. The zero-order valence-corrected chi connectivity index (χ0v) is 15.3. The second-order valence-electron chi connectivity index (χ2n) is 6.45. The molecule has 23 heavy (non-hydrogen) atoms. The summed E-state index contributed by atoms with van der Waals surface area (Å²) in [5.74, 6) is 1.64. The van der Waals surface area contributed by atoms with Crippen LogP contribution in [0.25, 0.3) is 0 Å². The van der Waals surface area contributed by atoms with Crippen LogP contribution in [0, 0.1) is 5.92 Å². The lowest BCUT2D eigenvalue weighted by molar-refractivity contribution is 0.214. The van der Waals surface area contributed by atoms with Gasteiger partial charge in [-0.3, -0.25) is 4.99 Å². The number of nitrogens with zero attached hydrogens (tertiary/aromatic N) is 3. The molecule has 1 heterocycles. The van der Waals surface area contributed by atoms with Crippen LogP contribution in [0.2, 0.25) is 5.02 Å². The maximum absolute atomic E-state index is 6.08. The van der Waals surface area contributed by atoms with Gasteiger partial charge in [0.15, 0.2) is 5.96 Å². The lowest BCUT2D eigenvalue weighted by Crippen LogP contribution is -2.39. The molecule has 5 heteroatoms. The van der Waals surface area contributed by atoms with Crippen molar-refractivity contribution in [3.8, 4) is 0 Å². The number of aliphatic imine (C=N–C) groups is 1. The van der Waals surface area contributed by atoms with E-state index in [0.29, 0.717) is 5.92 Å². The maximum Gasteiger partial charge on any atom is 0.193 e. The Morgan fingerprint density at radius 3 is 3.00 bits per heavy atom. The number of hydrogen-bond donors (Lipinski definition) is 1. The predicted octanol–water partition coefficient (Wildman–Crippen LogP) is 3.08. The summed E-state index contributed by atoms with van der Waals surface area (Å²) in [7, 11) is 4.28. The highest BCUT2D eigenvalue weighted by Crippen LogP contribution is 2.16. The van der Waals surface area contributed by atoms with Crippen LogP contribution < -0.4 is 5.32 Å². The Labute approximate surface area is 145 Å². The molecule has 1 unspecified atom stereocenters. The molecule has 128 valence electrons. The molecule has 1 N–H and O–H groups in total. The Morgan fingerprint density at radius 1 is 1.48 bits per heavy atom. The van der Waals surface area contributed by atoms with Crippen molar-refractivity contribution in [3.63, 3.8) is 0 Å². The Kier molecular flexibility index (Phi) is 7.18. The van der Waals surface area contributed by atoms with E-state index in [0.717, 1.165) is 37.2 Å². The van der Waals surface area contributed by atoms with E-state index < -0.39 is 0 Å². The summed E-state index contributed by atoms with van der Waals surface area (Å²) < 4.78 is 0. The summed E-state index contributed by atoms with van der Waals surface area (Å²) in [5.41, 5.74) is 1.20. The molecule has 1 aromatic carbocycles. The highest BCUT2D eigenvalue weighted by Gasteiger charge is 2.17. The number of guanidine groups is 1. The molecule has 0 aromatic heterocycles. The van der Waals surface area contributed by atoms with Crippen LogP contribution in [0.15, 0.2) is 29.3 Å². The topological polar surface area (TPSA) is 30.9 Å². The molecule has 0 spiro atoms. The van der Waals surface area contributed by atoms with Crippen LogP contribution >= 0.6 is 11.6 Å². The van der Waals surface area contributed by atoms with Gasteiger partial charge in [0.1, 0.15) is 0 Å². The third-order valence-electron chi connectivity index (χ3n) is 4.23. The molecule has 2 rings (SSSR count). The Bertz CT molecular complexity index is 517. The monoisotopic (exact) mass is 336 g/mol. The van der Waals surface area contributed by atoms with Gasteiger partial charge < -0.3 is 15.1 Å². The molecule has 0 saturated carbocycles. The van der Waals surface area contributed by atoms with E-state index in [2.05, 4.69) is 42.2 Å². The highest BCUT2D eigenvalue weighted by atomic mass is 35.5. The molecular weight excluding hydrogens is 308 g/mol. The van der Waals surface area contributed by atoms with Crippen LogP contribution in [-0.4, -0.2) is 56.0 Å². The number of benzene rings is 1. The van der Waals surface area contributed by atoms with Gasteiger partial charge in [-0.05, 0) is 57.0 Å². The van der Waals surface area contributed by atoms with Crippen molar-refractivity contribution in [3.05, 3.63) is 34.9 Å². The molecule has 0 aliphatic carbocycles. The van der Waals surface area contributed by atoms with Gasteiger partial charge in [0.05, 0.1) is 0 Å². The smallest absolute Gasteiger partial charge is 0.193 e. The number of piperidine rings is 1. The molecular formula is C18H29ClN4. The number of nitrogens with one attached hydrogen (secondary N) is 1. The van der Waals surface area contributed by atoms with Gasteiger partial charge in [-0.2, -0.15) is 0 Å². The first kappa shape index (κ1) is 18.1. The van der Waals surface area contributed by atoms with E-state index in [-0.39, 0.29) is 0 Å². The van der Waals surface area contributed by atoms with Gasteiger partial charge in [0.2, 0.25) is 0 Å². The van der Waals surface area contributed by atoms with Crippen LogP contribution in [-0.2, 0) is 6.54 Å². The summed E-state index contributed by atoms with van der Waals surface area (Å²) in [6, 6.07) is 8.01. The highest BCUT2D eigenvalue weighted by molar-refractivity contribution is 6.30. The van der Waals surface area contributed by atoms with Crippen LogP contribution in [0.3, 0.4) is 0 Å². The first-order valence-corrected chi connectivity index (χ1v) is 8.88. The second kappa shape index (κ2) is 9.14. The molecule has 1 saturated heterocycles. The van der Waals surface area contributed by atoms with Crippen molar-refractivity contribution >= 4 is 17.6 Å². The van der Waals surface area contributed by atoms with Crippen molar-refractivity contribution in [2.24, 2.45) is 10.9 Å². The zero-order valence-electron chi connectivity index (χ0n) is 14.6. The molecule has 0 amide bonds. The predicted molar refractivity (Wildman–Crippen MR) is 99.1 cm³/mol. The lowest BCUT2D eigenvalue weighted by Gasteiger charge is -2.29. The number of likely N-dealkylation sites (tertiary alicyclic amines) is 1. The van der Waals surface area contributed by atoms with Crippen LogP contribution in [0.4, 0.5) is 0 Å². The Hall–Kier alpha value is -1.26. The minimum Gasteiger partial charge on any atom is -0.357 e.